The normalized spacial score (nSPS) is 16.8. The van der Waals surface area contributed by atoms with E-state index in [1.54, 1.807) is 0 Å². The van der Waals surface area contributed by atoms with Gasteiger partial charge in [-0.2, -0.15) is 4.98 Å². The topological polar surface area (TPSA) is 35.0 Å². The summed E-state index contributed by atoms with van der Waals surface area (Å²) in [5.74, 6) is 0.581. The molecule has 2 rings (SSSR count). The van der Waals surface area contributed by atoms with E-state index in [9.17, 15) is 0 Å². The van der Waals surface area contributed by atoms with Gasteiger partial charge in [0, 0.05) is 0 Å². The first-order chi connectivity index (χ1) is 6.25. The number of rotatable bonds is 2. The Balaban J connectivity index is 2.13. The summed E-state index contributed by atoms with van der Waals surface area (Å²) in [6.45, 7) is 1.87. The van der Waals surface area contributed by atoms with Crippen LogP contribution in [0.1, 0.15) is 25.0 Å². The summed E-state index contributed by atoms with van der Waals surface area (Å²) in [7, 11) is 0. The molecule has 0 aromatic carbocycles. The van der Waals surface area contributed by atoms with Gasteiger partial charge in [0.1, 0.15) is 6.10 Å². The summed E-state index contributed by atoms with van der Waals surface area (Å²) < 4.78 is 5.60. The Kier molecular flexibility index (Phi) is 2.36. The summed E-state index contributed by atoms with van der Waals surface area (Å²) in [5, 5.41) is 0.389. The Hall–Kier alpha value is -0.830. The maximum absolute atomic E-state index is 5.71. The Labute approximate surface area is 82.1 Å². The highest BCUT2D eigenvalue weighted by molar-refractivity contribution is 6.29. The van der Waals surface area contributed by atoms with Crippen LogP contribution >= 0.6 is 11.6 Å². The van der Waals surface area contributed by atoms with E-state index >= 15 is 0 Å². The number of aromatic nitrogens is 2. The number of aryl methyl sites for hydroxylation is 1. The molecule has 1 aromatic heterocycles. The van der Waals surface area contributed by atoms with E-state index in [1.807, 2.05) is 6.92 Å². The van der Waals surface area contributed by atoms with Crippen LogP contribution < -0.4 is 4.74 Å². The SMILES string of the molecule is Cc1ncc(Cl)nc1OC1CCC1. The molecule has 13 heavy (non-hydrogen) atoms. The van der Waals surface area contributed by atoms with Crippen LogP contribution in [0, 0.1) is 6.92 Å². The first-order valence-corrected chi connectivity index (χ1v) is 4.79. The fourth-order valence-electron chi connectivity index (χ4n) is 1.17. The van der Waals surface area contributed by atoms with Crippen LogP contribution in [-0.2, 0) is 0 Å². The van der Waals surface area contributed by atoms with Crippen molar-refractivity contribution in [3.05, 3.63) is 17.0 Å². The molecule has 0 aliphatic heterocycles. The van der Waals surface area contributed by atoms with E-state index in [4.69, 9.17) is 16.3 Å². The molecular formula is C9H11ClN2O. The lowest BCUT2D eigenvalue weighted by atomic mass is 9.96. The molecule has 1 heterocycles. The van der Waals surface area contributed by atoms with Gasteiger partial charge in [0.15, 0.2) is 5.15 Å². The van der Waals surface area contributed by atoms with Gasteiger partial charge >= 0.3 is 0 Å². The monoisotopic (exact) mass is 198 g/mol. The molecular weight excluding hydrogens is 188 g/mol. The highest BCUT2D eigenvalue weighted by Crippen LogP contribution is 2.25. The van der Waals surface area contributed by atoms with E-state index in [0.29, 0.717) is 17.1 Å². The molecule has 3 nitrogen and oxygen atoms in total. The van der Waals surface area contributed by atoms with Gasteiger partial charge in [0.05, 0.1) is 11.9 Å². The molecule has 0 atom stereocenters. The molecule has 4 heteroatoms. The van der Waals surface area contributed by atoms with Crippen LogP contribution in [0.25, 0.3) is 0 Å². The number of hydrogen-bond donors (Lipinski definition) is 0. The number of ether oxygens (including phenoxy) is 1. The van der Waals surface area contributed by atoms with Crippen molar-refractivity contribution in [3.8, 4) is 5.88 Å². The maximum Gasteiger partial charge on any atom is 0.237 e. The molecule has 70 valence electrons. The second-order valence-corrected chi connectivity index (χ2v) is 3.64. The van der Waals surface area contributed by atoms with E-state index < -0.39 is 0 Å². The third-order valence-electron chi connectivity index (χ3n) is 2.21. The average Bonchev–Trinajstić information content (AvgIpc) is 2.03. The Morgan fingerprint density at radius 3 is 2.92 bits per heavy atom. The fourth-order valence-corrected chi connectivity index (χ4v) is 1.30. The summed E-state index contributed by atoms with van der Waals surface area (Å²) in [6.07, 6.45) is 5.34. The van der Waals surface area contributed by atoms with E-state index in [0.717, 1.165) is 18.5 Å². The first kappa shape index (κ1) is 8.75. The van der Waals surface area contributed by atoms with Crippen molar-refractivity contribution in [2.75, 3.05) is 0 Å². The quantitative estimate of drug-likeness (QED) is 0.732. The highest BCUT2D eigenvalue weighted by atomic mass is 35.5. The molecule has 0 unspecified atom stereocenters. The minimum atomic E-state index is 0.325. The molecule has 0 radical (unpaired) electrons. The molecule has 1 aliphatic carbocycles. The Morgan fingerprint density at radius 1 is 1.54 bits per heavy atom. The van der Waals surface area contributed by atoms with E-state index in [2.05, 4.69) is 9.97 Å². The third-order valence-corrected chi connectivity index (χ3v) is 2.40. The van der Waals surface area contributed by atoms with E-state index in [1.165, 1.54) is 12.6 Å². The summed E-state index contributed by atoms with van der Waals surface area (Å²) in [5.41, 5.74) is 0.802. The lowest BCUT2D eigenvalue weighted by Crippen LogP contribution is -2.25. The Morgan fingerprint density at radius 2 is 2.31 bits per heavy atom. The second-order valence-electron chi connectivity index (χ2n) is 3.25. The molecule has 0 saturated heterocycles. The van der Waals surface area contributed by atoms with Gasteiger partial charge in [-0.15, -0.1) is 0 Å². The zero-order chi connectivity index (χ0) is 9.26. The van der Waals surface area contributed by atoms with Crippen LogP contribution in [-0.4, -0.2) is 16.1 Å². The van der Waals surface area contributed by atoms with Gasteiger partial charge in [-0.05, 0) is 26.2 Å². The van der Waals surface area contributed by atoms with Gasteiger partial charge in [-0.1, -0.05) is 11.6 Å². The van der Waals surface area contributed by atoms with Crippen LogP contribution in [0.15, 0.2) is 6.20 Å². The van der Waals surface area contributed by atoms with Crippen molar-refractivity contribution >= 4 is 11.6 Å². The van der Waals surface area contributed by atoms with Crippen LogP contribution in [0.5, 0.6) is 5.88 Å². The van der Waals surface area contributed by atoms with Gasteiger partial charge in [0.25, 0.3) is 0 Å². The number of hydrogen-bond acceptors (Lipinski definition) is 3. The molecule has 0 N–H and O–H groups in total. The third kappa shape index (κ3) is 1.91. The van der Waals surface area contributed by atoms with Crippen molar-refractivity contribution in [3.63, 3.8) is 0 Å². The van der Waals surface area contributed by atoms with Crippen LogP contribution in [0.3, 0.4) is 0 Å². The summed E-state index contributed by atoms with van der Waals surface area (Å²) >= 11 is 5.71. The van der Waals surface area contributed by atoms with Gasteiger partial charge < -0.3 is 4.74 Å². The minimum absolute atomic E-state index is 0.325. The average molecular weight is 199 g/mol. The largest absolute Gasteiger partial charge is 0.473 e. The van der Waals surface area contributed by atoms with Crippen molar-refractivity contribution in [2.24, 2.45) is 0 Å². The van der Waals surface area contributed by atoms with Crippen LogP contribution in [0.4, 0.5) is 0 Å². The van der Waals surface area contributed by atoms with Crippen molar-refractivity contribution in [2.45, 2.75) is 32.3 Å². The molecule has 1 saturated carbocycles. The molecule has 1 aromatic rings. The molecule has 0 bridgehead atoms. The lowest BCUT2D eigenvalue weighted by molar-refractivity contribution is 0.113. The second kappa shape index (κ2) is 3.50. The molecule has 0 spiro atoms. The summed E-state index contributed by atoms with van der Waals surface area (Å²) in [4.78, 5) is 8.15. The zero-order valence-corrected chi connectivity index (χ0v) is 8.21. The fraction of sp³-hybridized carbons (Fsp3) is 0.556. The Bertz CT molecular complexity index is 312. The lowest BCUT2D eigenvalue weighted by Gasteiger charge is -2.26. The smallest absolute Gasteiger partial charge is 0.237 e. The van der Waals surface area contributed by atoms with E-state index in [-0.39, 0.29) is 0 Å². The molecule has 1 aliphatic rings. The molecule has 0 amide bonds. The van der Waals surface area contributed by atoms with Gasteiger partial charge in [-0.25, -0.2) is 0 Å². The van der Waals surface area contributed by atoms with Crippen LogP contribution in [0.2, 0.25) is 5.15 Å². The predicted molar refractivity (Wildman–Crippen MR) is 50.0 cm³/mol. The van der Waals surface area contributed by atoms with Crippen molar-refractivity contribution in [1.82, 2.24) is 9.97 Å². The number of halogens is 1. The zero-order valence-electron chi connectivity index (χ0n) is 7.46. The standard InChI is InChI=1S/C9H11ClN2O/c1-6-9(12-8(10)5-11-6)13-7-3-2-4-7/h5,7H,2-4H2,1H3. The van der Waals surface area contributed by atoms with Crippen molar-refractivity contribution in [1.29, 1.82) is 0 Å². The summed E-state index contributed by atoms with van der Waals surface area (Å²) in [6, 6.07) is 0. The maximum atomic E-state index is 5.71. The van der Waals surface area contributed by atoms with Gasteiger partial charge in [0.2, 0.25) is 5.88 Å². The predicted octanol–water partition coefficient (Wildman–Crippen LogP) is 2.37. The van der Waals surface area contributed by atoms with Gasteiger partial charge in [-0.3, -0.25) is 4.98 Å². The number of nitrogens with zero attached hydrogens (tertiary/aromatic N) is 2. The van der Waals surface area contributed by atoms with Crippen molar-refractivity contribution < 1.29 is 4.74 Å². The highest BCUT2D eigenvalue weighted by Gasteiger charge is 2.20. The molecule has 1 fully saturated rings. The first-order valence-electron chi connectivity index (χ1n) is 4.41. The minimum Gasteiger partial charge on any atom is -0.473 e.